The molecule has 0 aliphatic heterocycles. The van der Waals surface area contributed by atoms with Crippen LogP contribution in [0, 0.1) is 0 Å². The van der Waals surface area contributed by atoms with Crippen molar-refractivity contribution in [1.82, 2.24) is 0 Å². The number of rotatable bonds is 6. The van der Waals surface area contributed by atoms with Gasteiger partial charge < -0.3 is 14.9 Å². The molecular weight excluding hydrogens is 356 g/mol. The van der Waals surface area contributed by atoms with Gasteiger partial charge in [-0.1, -0.05) is 62.4 Å². The number of aromatic hydroxyl groups is 2. The quantitative estimate of drug-likeness (QED) is 0.365. The first-order chi connectivity index (χ1) is 13.4. The van der Waals surface area contributed by atoms with E-state index in [2.05, 4.69) is 13.8 Å². The van der Waals surface area contributed by atoms with Crippen LogP contribution in [0.3, 0.4) is 0 Å². The molecule has 0 saturated carbocycles. The van der Waals surface area contributed by atoms with Crippen LogP contribution in [0.4, 0.5) is 0 Å². The molecule has 3 aromatic carbocycles. The fourth-order valence-electron chi connectivity index (χ4n) is 3.02. The van der Waals surface area contributed by atoms with Crippen molar-refractivity contribution in [2.45, 2.75) is 26.2 Å². The van der Waals surface area contributed by atoms with E-state index in [9.17, 15) is 19.8 Å². The van der Waals surface area contributed by atoms with E-state index in [0.717, 1.165) is 18.1 Å². The lowest BCUT2D eigenvalue weighted by atomic mass is 9.97. The zero-order chi connectivity index (χ0) is 20.3. The largest absolute Gasteiger partial charge is 0.507 e. The van der Waals surface area contributed by atoms with E-state index in [1.807, 2.05) is 12.1 Å². The number of ketones is 1. The molecule has 5 nitrogen and oxygen atoms in total. The van der Waals surface area contributed by atoms with Crippen LogP contribution in [0.15, 0.2) is 54.6 Å². The fraction of sp³-hybridized carbons (Fsp3) is 0.217. The molecule has 0 radical (unpaired) electrons. The predicted molar refractivity (Wildman–Crippen MR) is 107 cm³/mol. The summed E-state index contributed by atoms with van der Waals surface area (Å²) in [5.41, 5.74) is 1.41. The molecule has 0 aliphatic rings. The first-order valence-electron chi connectivity index (χ1n) is 9.16. The van der Waals surface area contributed by atoms with Crippen molar-refractivity contribution in [2.24, 2.45) is 0 Å². The monoisotopic (exact) mass is 378 g/mol. The van der Waals surface area contributed by atoms with Gasteiger partial charge in [0.15, 0.2) is 12.4 Å². The lowest BCUT2D eigenvalue weighted by Crippen LogP contribution is -2.14. The van der Waals surface area contributed by atoms with Gasteiger partial charge in [-0.25, -0.2) is 4.79 Å². The van der Waals surface area contributed by atoms with Crippen LogP contribution in [0.5, 0.6) is 11.5 Å². The molecule has 0 aromatic heterocycles. The molecule has 3 rings (SSSR count). The summed E-state index contributed by atoms with van der Waals surface area (Å²) in [6, 6.07) is 15.0. The van der Waals surface area contributed by atoms with Crippen LogP contribution in [0.2, 0.25) is 0 Å². The average Bonchev–Trinajstić information content (AvgIpc) is 2.73. The molecule has 3 aromatic rings. The number of ether oxygens (including phenoxy) is 1. The van der Waals surface area contributed by atoms with Gasteiger partial charge in [0.1, 0.15) is 17.1 Å². The molecule has 28 heavy (non-hydrogen) atoms. The Hall–Kier alpha value is -3.34. The smallest absolute Gasteiger partial charge is 0.342 e. The van der Waals surface area contributed by atoms with E-state index in [1.54, 1.807) is 36.4 Å². The van der Waals surface area contributed by atoms with E-state index < -0.39 is 12.6 Å². The zero-order valence-electron chi connectivity index (χ0n) is 15.8. The maximum absolute atomic E-state index is 12.3. The third kappa shape index (κ3) is 3.83. The number of phenolic OH excluding ortho intramolecular Hbond substituents is 2. The van der Waals surface area contributed by atoms with E-state index in [1.165, 1.54) is 0 Å². The summed E-state index contributed by atoms with van der Waals surface area (Å²) in [4.78, 5) is 24.6. The highest BCUT2D eigenvalue weighted by Crippen LogP contribution is 2.35. The third-order valence-electron chi connectivity index (χ3n) is 4.96. The third-order valence-corrected chi connectivity index (χ3v) is 4.96. The zero-order valence-corrected chi connectivity index (χ0v) is 15.8. The van der Waals surface area contributed by atoms with Gasteiger partial charge in [-0.05, 0) is 24.0 Å². The number of carbonyl (C=O) groups is 2. The van der Waals surface area contributed by atoms with Crippen molar-refractivity contribution in [2.75, 3.05) is 6.61 Å². The number of hydrogen-bond donors (Lipinski definition) is 2. The Morgan fingerprint density at radius 2 is 1.64 bits per heavy atom. The summed E-state index contributed by atoms with van der Waals surface area (Å²) in [6.07, 6.45) is 1.01. The molecule has 0 fully saturated rings. The van der Waals surface area contributed by atoms with Gasteiger partial charge in [0.2, 0.25) is 0 Å². The van der Waals surface area contributed by atoms with Gasteiger partial charge in [0, 0.05) is 16.3 Å². The van der Waals surface area contributed by atoms with E-state index in [4.69, 9.17) is 4.74 Å². The standard InChI is InChI=1S/C23H22O5/c1-3-14(2)15-8-10-16(11-9-15)21(25)13-28-23(27)19-12-20(24)17-6-4-5-7-18(17)22(19)26/h4-12,14,24,26H,3,13H2,1-2H3/t14-/m1/s1. The maximum Gasteiger partial charge on any atom is 0.342 e. The Balaban J connectivity index is 1.73. The highest BCUT2D eigenvalue weighted by Gasteiger charge is 2.19. The van der Waals surface area contributed by atoms with Gasteiger partial charge in [0.05, 0.1) is 0 Å². The number of Topliss-reactive ketones (excluding diaryl/α,β-unsaturated/α-hetero) is 1. The first-order valence-corrected chi connectivity index (χ1v) is 9.16. The summed E-state index contributed by atoms with van der Waals surface area (Å²) in [5.74, 6) is -1.24. The Kier molecular flexibility index (Phi) is 5.64. The second-order valence-corrected chi connectivity index (χ2v) is 6.77. The predicted octanol–water partition coefficient (Wildman–Crippen LogP) is 4.80. The highest BCUT2D eigenvalue weighted by molar-refractivity contribution is 6.05. The molecule has 0 amide bonds. The molecular formula is C23H22O5. The maximum atomic E-state index is 12.3. The summed E-state index contributed by atoms with van der Waals surface area (Å²) in [5, 5.41) is 21.2. The first kappa shape index (κ1) is 19.4. The number of carbonyl (C=O) groups excluding carboxylic acids is 2. The van der Waals surface area contributed by atoms with Gasteiger partial charge in [0.25, 0.3) is 0 Å². The molecule has 0 unspecified atom stereocenters. The molecule has 0 heterocycles. The number of fused-ring (bicyclic) bond motifs is 1. The summed E-state index contributed by atoms with van der Waals surface area (Å²) >= 11 is 0. The fourth-order valence-corrected chi connectivity index (χ4v) is 3.02. The van der Waals surface area contributed by atoms with Gasteiger partial charge in [-0.2, -0.15) is 0 Å². The molecule has 0 aliphatic carbocycles. The molecule has 0 bridgehead atoms. The summed E-state index contributed by atoms with van der Waals surface area (Å²) in [6.45, 7) is 3.77. The Labute approximate surface area is 163 Å². The molecule has 0 spiro atoms. The van der Waals surface area contributed by atoms with Gasteiger partial charge >= 0.3 is 5.97 Å². The number of benzene rings is 3. The summed E-state index contributed by atoms with van der Waals surface area (Å²) in [7, 11) is 0. The van der Waals surface area contributed by atoms with Crippen LogP contribution >= 0.6 is 0 Å². The van der Waals surface area contributed by atoms with Crippen molar-refractivity contribution in [3.05, 3.63) is 71.3 Å². The number of esters is 1. The Morgan fingerprint density at radius 3 is 2.29 bits per heavy atom. The van der Waals surface area contributed by atoms with Crippen LogP contribution in [0.1, 0.15) is 52.5 Å². The van der Waals surface area contributed by atoms with Crippen LogP contribution < -0.4 is 0 Å². The molecule has 5 heteroatoms. The second kappa shape index (κ2) is 8.13. The lowest BCUT2D eigenvalue weighted by molar-refractivity contribution is 0.0471. The SMILES string of the molecule is CC[C@@H](C)c1ccc(C(=O)COC(=O)c2cc(O)c3ccccc3c2O)cc1. The molecule has 0 saturated heterocycles. The number of phenols is 2. The Bertz CT molecular complexity index is 1020. The van der Waals surface area contributed by atoms with Gasteiger partial charge in [-0.3, -0.25) is 4.79 Å². The van der Waals surface area contributed by atoms with Crippen molar-refractivity contribution in [3.8, 4) is 11.5 Å². The van der Waals surface area contributed by atoms with E-state index >= 15 is 0 Å². The molecule has 144 valence electrons. The van der Waals surface area contributed by atoms with Crippen molar-refractivity contribution in [3.63, 3.8) is 0 Å². The van der Waals surface area contributed by atoms with Crippen LogP contribution in [0.25, 0.3) is 10.8 Å². The van der Waals surface area contributed by atoms with Crippen molar-refractivity contribution in [1.29, 1.82) is 0 Å². The van der Waals surface area contributed by atoms with E-state index in [0.29, 0.717) is 22.3 Å². The topological polar surface area (TPSA) is 83.8 Å². The Morgan fingerprint density at radius 1 is 1.00 bits per heavy atom. The highest BCUT2D eigenvalue weighted by atomic mass is 16.5. The van der Waals surface area contributed by atoms with Crippen molar-refractivity contribution < 1.29 is 24.5 Å². The summed E-state index contributed by atoms with van der Waals surface area (Å²) < 4.78 is 5.07. The minimum absolute atomic E-state index is 0.146. The molecule has 1 atom stereocenters. The number of hydrogen-bond acceptors (Lipinski definition) is 5. The molecule has 2 N–H and O–H groups in total. The minimum Gasteiger partial charge on any atom is -0.507 e. The normalized spacial score (nSPS) is 11.9. The van der Waals surface area contributed by atoms with Crippen molar-refractivity contribution >= 4 is 22.5 Å². The average molecular weight is 378 g/mol. The van der Waals surface area contributed by atoms with Crippen LogP contribution in [-0.2, 0) is 4.74 Å². The second-order valence-electron chi connectivity index (χ2n) is 6.77. The van der Waals surface area contributed by atoms with E-state index in [-0.39, 0.29) is 22.8 Å². The van der Waals surface area contributed by atoms with Crippen LogP contribution in [-0.4, -0.2) is 28.6 Å². The van der Waals surface area contributed by atoms with Gasteiger partial charge in [-0.15, -0.1) is 0 Å². The minimum atomic E-state index is -0.872. The lowest BCUT2D eigenvalue weighted by Gasteiger charge is -2.11.